The maximum atomic E-state index is 12.8. The molecule has 0 spiro atoms. The maximum Gasteiger partial charge on any atom is 0.248 e. The van der Waals surface area contributed by atoms with Crippen LogP contribution in [0, 0.1) is 0 Å². The second-order valence-corrected chi connectivity index (χ2v) is 8.42. The molecule has 2 aliphatic rings. The standard InChI is InChI=1S/C20H20N2O6S/c23-20(7-5-15-4-6-18-19(12-15)28-14-27-18)21-16-2-1-3-17(13-16)29(24,25)22-8-10-26-11-9-22/h1-7,12-13H,8-11,14H2,(H,21,23)/b7-5+. The summed E-state index contributed by atoms with van der Waals surface area (Å²) in [4.78, 5) is 12.4. The Morgan fingerprint density at radius 2 is 1.83 bits per heavy atom. The van der Waals surface area contributed by atoms with Gasteiger partial charge in [0, 0.05) is 24.9 Å². The fourth-order valence-corrected chi connectivity index (χ4v) is 4.50. The zero-order valence-corrected chi connectivity index (χ0v) is 16.4. The van der Waals surface area contributed by atoms with Crippen LogP contribution in [0.4, 0.5) is 5.69 Å². The van der Waals surface area contributed by atoms with Crippen molar-refractivity contribution >= 4 is 27.7 Å². The number of sulfonamides is 1. The molecule has 1 amide bonds. The van der Waals surface area contributed by atoms with Crippen LogP contribution in [0.1, 0.15) is 5.56 Å². The predicted molar refractivity (Wildman–Crippen MR) is 106 cm³/mol. The lowest BCUT2D eigenvalue weighted by molar-refractivity contribution is -0.111. The Morgan fingerprint density at radius 1 is 1.03 bits per heavy atom. The van der Waals surface area contributed by atoms with Crippen molar-refractivity contribution in [2.75, 3.05) is 38.4 Å². The SMILES string of the molecule is O=C(/C=C/c1ccc2c(c1)OCO2)Nc1cccc(S(=O)(=O)N2CCOCC2)c1. The lowest BCUT2D eigenvalue weighted by Gasteiger charge is -2.26. The van der Waals surface area contributed by atoms with Gasteiger partial charge in [0.25, 0.3) is 0 Å². The Hall–Kier alpha value is -2.88. The average molecular weight is 416 g/mol. The first-order valence-corrected chi connectivity index (χ1v) is 10.5. The normalized spacial score (nSPS) is 16.8. The molecule has 9 heteroatoms. The highest BCUT2D eigenvalue weighted by atomic mass is 32.2. The van der Waals surface area contributed by atoms with Gasteiger partial charge in [-0.25, -0.2) is 8.42 Å². The van der Waals surface area contributed by atoms with E-state index in [1.165, 1.54) is 22.5 Å². The van der Waals surface area contributed by atoms with Gasteiger partial charge in [-0.2, -0.15) is 4.31 Å². The zero-order valence-electron chi connectivity index (χ0n) is 15.5. The second kappa shape index (κ2) is 8.24. The fraction of sp³-hybridized carbons (Fsp3) is 0.250. The summed E-state index contributed by atoms with van der Waals surface area (Å²) in [6.45, 7) is 1.57. The molecule has 0 atom stereocenters. The van der Waals surface area contributed by atoms with E-state index < -0.39 is 10.0 Å². The van der Waals surface area contributed by atoms with Gasteiger partial charge in [0.05, 0.1) is 18.1 Å². The molecular formula is C20H20N2O6S. The minimum Gasteiger partial charge on any atom is -0.454 e. The van der Waals surface area contributed by atoms with Gasteiger partial charge in [0.1, 0.15) is 0 Å². The van der Waals surface area contributed by atoms with Crippen LogP contribution in [-0.4, -0.2) is 51.7 Å². The van der Waals surface area contributed by atoms with Crippen molar-refractivity contribution in [3.8, 4) is 11.5 Å². The Kier molecular flexibility index (Phi) is 5.52. The third-order valence-electron chi connectivity index (χ3n) is 4.53. The van der Waals surface area contributed by atoms with E-state index in [1.807, 2.05) is 6.07 Å². The topological polar surface area (TPSA) is 94.2 Å². The van der Waals surface area contributed by atoms with Crippen LogP contribution in [0.15, 0.2) is 53.4 Å². The minimum atomic E-state index is -3.62. The number of anilines is 1. The van der Waals surface area contributed by atoms with Crippen molar-refractivity contribution in [2.24, 2.45) is 0 Å². The Labute approximate surface area is 168 Å². The summed E-state index contributed by atoms with van der Waals surface area (Å²) >= 11 is 0. The molecule has 1 N–H and O–H groups in total. The Balaban J connectivity index is 1.44. The van der Waals surface area contributed by atoms with Gasteiger partial charge in [-0.05, 0) is 42.0 Å². The van der Waals surface area contributed by atoms with E-state index in [9.17, 15) is 13.2 Å². The average Bonchev–Trinajstić information content (AvgIpc) is 3.21. The highest BCUT2D eigenvalue weighted by molar-refractivity contribution is 7.89. The van der Waals surface area contributed by atoms with Gasteiger partial charge in [0.2, 0.25) is 22.7 Å². The minimum absolute atomic E-state index is 0.136. The first-order valence-electron chi connectivity index (χ1n) is 9.09. The molecule has 8 nitrogen and oxygen atoms in total. The van der Waals surface area contributed by atoms with Crippen LogP contribution < -0.4 is 14.8 Å². The number of fused-ring (bicyclic) bond motifs is 1. The quantitative estimate of drug-likeness (QED) is 0.750. The Morgan fingerprint density at radius 3 is 2.66 bits per heavy atom. The number of amides is 1. The number of rotatable bonds is 5. The molecule has 0 unspecified atom stereocenters. The van der Waals surface area contributed by atoms with E-state index >= 15 is 0 Å². The van der Waals surface area contributed by atoms with E-state index in [0.29, 0.717) is 43.5 Å². The molecule has 0 bridgehead atoms. The number of nitrogens with one attached hydrogen (secondary N) is 1. The highest BCUT2D eigenvalue weighted by Gasteiger charge is 2.26. The van der Waals surface area contributed by atoms with Crippen molar-refractivity contribution in [2.45, 2.75) is 4.90 Å². The third-order valence-corrected chi connectivity index (χ3v) is 6.43. The van der Waals surface area contributed by atoms with E-state index in [1.54, 1.807) is 30.3 Å². The number of ether oxygens (including phenoxy) is 3. The number of carbonyl (C=O) groups excluding carboxylic acids is 1. The fourth-order valence-electron chi connectivity index (χ4n) is 3.04. The predicted octanol–water partition coefficient (Wildman–Crippen LogP) is 2.09. The van der Waals surface area contributed by atoms with Crippen LogP contribution in [-0.2, 0) is 19.6 Å². The molecule has 0 saturated carbocycles. The van der Waals surface area contributed by atoms with Crippen LogP contribution in [0.5, 0.6) is 11.5 Å². The summed E-state index contributed by atoms with van der Waals surface area (Å²) in [5, 5.41) is 2.69. The van der Waals surface area contributed by atoms with Crippen molar-refractivity contribution in [3.63, 3.8) is 0 Å². The number of nitrogens with zero attached hydrogens (tertiary/aromatic N) is 1. The van der Waals surface area contributed by atoms with E-state index in [0.717, 1.165) is 5.56 Å². The molecule has 2 aromatic carbocycles. The summed E-state index contributed by atoms with van der Waals surface area (Å²) in [5.41, 5.74) is 1.19. The van der Waals surface area contributed by atoms with E-state index in [-0.39, 0.29) is 17.6 Å². The molecule has 1 fully saturated rings. The first kappa shape index (κ1) is 19.4. The highest BCUT2D eigenvalue weighted by Crippen LogP contribution is 2.32. The monoisotopic (exact) mass is 416 g/mol. The summed E-state index contributed by atoms with van der Waals surface area (Å²) < 4.78 is 42.7. The van der Waals surface area contributed by atoms with Crippen LogP contribution in [0.3, 0.4) is 0 Å². The molecule has 0 aromatic heterocycles. The summed E-state index contributed by atoms with van der Waals surface area (Å²) in [5.74, 6) is 0.932. The number of hydrogen-bond acceptors (Lipinski definition) is 6. The maximum absolute atomic E-state index is 12.8. The van der Waals surface area contributed by atoms with Gasteiger partial charge >= 0.3 is 0 Å². The van der Waals surface area contributed by atoms with E-state index in [4.69, 9.17) is 14.2 Å². The smallest absolute Gasteiger partial charge is 0.248 e. The molecule has 4 rings (SSSR count). The van der Waals surface area contributed by atoms with Gasteiger partial charge in [-0.15, -0.1) is 0 Å². The second-order valence-electron chi connectivity index (χ2n) is 6.48. The number of hydrogen-bond donors (Lipinski definition) is 1. The van der Waals surface area contributed by atoms with Gasteiger partial charge in [-0.3, -0.25) is 4.79 Å². The number of morpholine rings is 1. The van der Waals surface area contributed by atoms with Gasteiger partial charge in [-0.1, -0.05) is 12.1 Å². The molecular weight excluding hydrogens is 396 g/mol. The zero-order chi connectivity index (χ0) is 20.3. The molecule has 0 aliphatic carbocycles. The van der Waals surface area contributed by atoms with Crippen LogP contribution >= 0.6 is 0 Å². The van der Waals surface area contributed by atoms with Gasteiger partial charge < -0.3 is 19.5 Å². The van der Waals surface area contributed by atoms with Crippen LogP contribution in [0.25, 0.3) is 6.08 Å². The van der Waals surface area contributed by atoms with Crippen molar-refractivity contribution in [3.05, 3.63) is 54.1 Å². The lowest BCUT2D eigenvalue weighted by Crippen LogP contribution is -2.40. The molecule has 152 valence electrons. The first-order chi connectivity index (χ1) is 14.0. The largest absolute Gasteiger partial charge is 0.454 e. The van der Waals surface area contributed by atoms with Crippen molar-refractivity contribution in [1.29, 1.82) is 0 Å². The number of carbonyl (C=O) groups is 1. The van der Waals surface area contributed by atoms with E-state index in [2.05, 4.69) is 5.32 Å². The molecule has 2 aromatic rings. The Bertz CT molecular complexity index is 1040. The molecule has 2 heterocycles. The summed E-state index contributed by atoms with van der Waals surface area (Å²) in [6, 6.07) is 11.6. The molecule has 1 saturated heterocycles. The summed E-state index contributed by atoms with van der Waals surface area (Å²) in [6.07, 6.45) is 3.02. The van der Waals surface area contributed by atoms with Crippen molar-refractivity contribution < 1.29 is 27.4 Å². The molecule has 2 aliphatic heterocycles. The molecule has 0 radical (unpaired) electrons. The third kappa shape index (κ3) is 4.42. The van der Waals surface area contributed by atoms with Crippen molar-refractivity contribution in [1.82, 2.24) is 4.31 Å². The molecule has 29 heavy (non-hydrogen) atoms. The lowest BCUT2D eigenvalue weighted by atomic mass is 10.2. The summed E-state index contributed by atoms with van der Waals surface area (Å²) in [7, 11) is -3.62. The van der Waals surface area contributed by atoms with Gasteiger partial charge in [0.15, 0.2) is 11.5 Å². The van der Waals surface area contributed by atoms with Crippen LogP contribution in [0.2, 0.25) is 0 Å². The number of benzene rings is 2.